The minimum Gasteiger partial charge on any atom is -0.744 e. The monoisotopic (exact) mass is 592 g/mol. The van der Waals surface area contributed by atoms with Crippen molar-refractivity contribution in [2.45, 2.75) is 16.7 Å². The first-order valence-electron chi connectivity index (χ1n) is 9.67. The number of carbonyl (C=O) groups is 1. The maximum absolute atomic E-state index is 12.0. The Hall–Kier alpha value is -1.02. The Labute approximate surface area is 260 Å². The molecule has 2 rings (SSSR count). The van der Waals surface area contributed by atoms with Crippen molar-refractivity contribution in [1.82, 2.24) is 9.62 Å². The van der Waals surface area contributed by atoms with E-state index in [0.29, 0.717) is 6.54 Å². The summed E-state index contributed by atoms with van der Waals surface area (Å²) >= 11 is 0. The van der Waals surface area contributed by atoms with Gasteiger partial charge in [-0.3, -0.25) is 4.72 Å². The van der Waals surface area contributed by atoms with Gasteiger partial charge in [0.05, 0.1) is 15.5 Å². The summed E-state index contributed by atoms with van der Waals surface area (Å²) in [4.78, 5) is 10.2. The number of urea groups is 1. The van der Waals surface area contributed by atoms with Gasteiger partial charge in [-0.25, -0.2) is 21.6 Å². The molecule has 2 amide bonds. The average Bonchev–Trinajstić information content (AvgIpc) is 2.71. The van der Waals surface area contributed by atoms with Gasteiger partial charge in [-0.05, 0) is 42.3 Å². The maximum atomic E-state index is 12.0. The smallest absolute Gasteiger partial charge is 0.744 e. The van der Waals surface area contributed by atoms with Gasteiger partial charge in [0.2, 0.25) is 0 Å². The van der Waals surface area contributed by atoms with Crippen LogP contribution < -0.4 is 74.5 Å². The van der Waals surface area contributed by atoms with Crippen LogP contribution in [0.1, 0.15) is 18.1 Å². The molecule has 0 aliphatic heterocycles. The van der Waals surface area contributed by atoms with E-state index in [-0.39, 0.29) is 81.6 Å². The predicted molar refractivity (Wildman–Crippen MR) is 127 cm³/mol. The fraction of sp³-hybridized carbons (Fsp3) is 0.211. The standard InChI is InChI=1S/C19H24N4O9S3.2Na/c1-4-20-19(24)21-15-9-7-13(17(11-15)33(25,26)27)5-6-14-8-10-16(12-18(14)34(28,29)30)22-35(31,32)23(2)3;;/h5-12,22H,4H2,1-3H3,(H2,20,21,24)(H,25,26,27)(H,28,29,30);;/q;2*+1/p-2/b6-5+;;. The third-order valence-electron chi connectivity index (χ3n) is 4.33. The quantitative estimate of drug-likeness (QED) is 0.145. The molecule has 2 aromatic carbocycles. The zero-order chi connectivity index (χ0) is 26.6. The number of nitrogens with zero attached hydrogens (tertiary/aromatic N) is 1. The van der Waals surface area contributed by atoms with Gasteiger partial charge in [-0.2, -0.15) is 12.7 Å². The number of benzene rings is 2. The Kier molecular flexibility index (Phi) is 14.0. The average molecular weight is 593 g/mol. The summed E-state index contributed by atoms with van der Waals surface area (Å²) in [6, 6.07) is 5.96. The summed E-state index contributed by atoms with van der Waals surface area (Å²) < 4.78 is 97.5. The van der Waals surface area contributed by atoms with E-state index in [0.717, 1.165) is 34.7 Å². The van der Waals surface area contributed by atoms with Crippen LogP contribution in [0.4, 0.5) is 16.2 Å². The van der Waals surface area contributed by atoms with Crippen molar-refractivity contribution in [2.75, 3.05) is 30.7 Å². The molecule has 0 aromatic heterocycles. The summed E-state index contributed by atoms with van der Waals surface area (Å²) in [7, 11) is -11.6. The van der Waals surface area contributed by atoms with Crippen LogP contribution in [-0.4, -0.2) is 65.3 Å². The largest absolute Gasteiger partial charge is 1.00 e. The Bertz CT molecular complexity index is 1480. The number of amides is 2. The van der Waals surface area contributed by atoms with Crippen molar-refractivity contribution in [2.24, 2.45) is 0 Å². The Morgan fingerprint density at radius 2 is 1.27 bits per heavy atom. The van der Waals surface area contributed by atoms with Crippen LogP contribution in [0.25, 0.3) is 12.2 Å². The molecule has 192 valence electrons. The molecule has 0 aliphatic rings. The second-order valence-electron chi connectivity index (χ2n) is 7.12. The molecule has 13 nitrogen and oxygen atoms in total. The van der Waals surface area contributed by atoms with Crippen molar-refractivity contribution in [3.05, 3.63) is 47.5 Å². The fourth-order valence-corrected chi connectivity index (χ4v) is 4.67. The molecule has 0 bridgehead atoms. The van der Waals surface area contributed by atoms with Crippen molar-refractivity contribution in [1.29, 1.82) is 0 Å². The van der Waals surface area contributed by atoms with E-state index in [1.807, 2.05) is 0 Å². The van der Waals surface area contributed by atoms with Gasteiger partial charge in [0.25, 0.3) is 0 Å². The van der Waals surface area contributed by atoms with E-state index in [1.54, 1.807) is 6.92 Å². The molecule has 0 saturated heterocycles. The summed E-state index contributed by atoms with van der Waals surface area (Å²) in [6.07, 6.45) is 2.17. The molecule has 37 heavy (non-hydrogen) atoms. The summed E-state index contributed by atoms with van der Waals surface area (Å²) in [5.74, 6) is 0. The van der Waals surface area contributed by atoms with E-state index < -0.39 is 46.3 Å². The first-order chi connectivity index (χ1) is 16.0. The molecule has 0 aliphatic carbocycles. The molecule has 18 heteroatoms. The first kappa shape index (κ1) is 36.0. The Morgan fingerprint density at radius 1 is 0.838 bits per heavy atom. The van der Waals surface area contributed by atoms with E-state index in [4.69, 9.17) is 0 Å². The number of hydrogen-bond acceptors (Lipinski definition) is 9. The van der Waals surface area contributed by atoms with Gasteiger partial charge in [-0.15, -0.1) is 0 Å². The maximum Gasteiger partial charge on any atom is 1.00 e. The van der Waals surface area contributed by atoms with E-state index in [2.05, 4.69) is 15.4 Å². The van der Waals surface area contributed by atoms with Gasteiger partial charge >= 0.3 is 75.4 Å². The number of hydrogen-bond donors (Lipinski definition) is 3. The van der Waals surface area contributed by atoms with E-state index in [9.17, 15) is 39.2 Å². The molecule has 0 heterocycles. The van der Waals surface area contributed by atoms with E-state index >= 15 is 0 Å². The minimum absolute atomic E-state index is 0. The van der Waals surface area contributed by atoms with Crippen LogP contribution in [0.5, 0.6) is 0 Å². The topological polar surface area (TPSA) is 205 Å². The third-order valence-corrected chi connectivity index (χ3v) is 7.57. The summed E-state index contributed by atoms with van der Waals surface area (Å²) in [6.45, 7) is 1.97. The normalized spacial score (nSPS) is 11.9. The molecular formula is C19H22N4Na2O9S3. The third kappa shape index (κ3) is 10.6. The van der Waals surface area contributed by atoms with Crippen molar-refractivity contribution < 1.29 is 98.3 Å². The summed E-state index contributed by atoms with van der Waals surface area (Å²) in [5, 5.41) is 4.80. The summed E-state index contributed by atoms with van der Waals surface area (Å²) in [5.41, 5.74) is -0.517. The molecule has 0 saturated carbocycles. The van der Waals surface area contributed by atoms with Gasteiger partial charge in [0.15, 0.2) is 0 Å². The van der Waals surface area contributed by atoms with Gasteiger partial charge in [-0.1, -0.05) is 24.3 Å². The van der Waals surface area contributed by atoms with Crippen LogP contribution in [-0.2, 0) is 30.4 Å². The van der Waals surface area contributed by atoms with Gasteiger partial charge in [0.1, 0.15) is 20.2 Å². The second kappa shape index (κ2) is 14.4. The van der Waals surface area contributed by atoms with Crippen molar-refractivity contribution >= 4 is 60.0 Å². The number of anilines is 2. The van der Waals surface area contributed by atoms with E-state index in [1.165, 1.54) is 32.3 Å². The molecule has 0 fully saturated rings. The van der Waals surface area contributed by atoms with Crippen LogP contribution in [0.15, 0.2) is 46.2 Å². The molecule has 3 N–H and O–H groups in total. The van der Waals surface area contributed by atoms with Crippen LogP contribution in [0, 0.1) is 0 Å². The molecule has 0 unspecified atom stereocenters. The zero-order valence-electron chi connectivity index (χ0n) is 20.7. The van der Waals surface area contributed by atoms with Crippen LogP contribution in [0.3, 0.4) is 0 Å². The number of rotatable bonds is 9. The molecule has 2 aromatic rings. The Morgan fingerprint density at radius 3 is 1.68 bits per heavy atom. The van der Waals surface area contributed by atoms with Gasteiger partial charge < -0.3 is 19.7 Å². The molecule has 0 spiro atoms. The Balaban J connectivity index is 0.00000648. The first-order valence-corrected chi connectivity index (χ1v) is 13.9. The number of carbonyl (C=O) groups excluding carboxylic acids is 1. The zero-order valence-corrected chi connectivity index (χ0v) is 27.1. The van der Waals surface area contributed by atoms with Crippen LogP contribution >= 0.6 is 0 Å². The molecular weight excluding hydrogens is 570 g/mol. The van der Waals surface area contributed by atoms with Crippen LogP contribution in [0.2, 0.25) is 0 Å². The predicted octanol–water partition coefficient (Wildman–Crippen LogP) is -4.97. The molecule has 0 atom stereocenters. The van der Waals surface area contributed by atoms with Crippen molar-refractivity contribution in [3.63, 3.8) is 0 Å². The van der Waals surface area contributed by atoms with Gasteiger partial charge in [0, 0.05) is 26.3 Å². The second-order valence-corrected chi connectivity index (χ2v) is 11.7. The molecule has 0 radical (unpaired) electrons. The van der Waals surface area contributed by atoms with Crippen molar-refractivity contribution in [3.8, 4) is 0 Å². The fourth-order valence-electron chi connectivity index (χ4n) is 2.67. The number of nitrogens with one attached hydrogen (secondary N) is 3. The minimum atomic E-state index is -5.08. The SMILES string of the molecule is CCNC(=O)Nc1ccc(/C=C/c2ccc(NS(=O)(=O)N(C)C)cc2S(=O)(=O)[O-])c(S(=O)(=O)[O-])c1.[Na+].[Na+].